The number of nitrogens with one attached hydrogen (secondary N) is 1. The zero-order valence-corrected chi connectivity index (χ0v) is 14.6. The van der Waals surface area contributed by atoms with E-state index in [1.54, 1.807) is 24.5 Å². The van der Waals surface area contributed by atoms with Crippen molar-refractivity contribution in [3.05, 3.63) is 60.0 Å². The summed E-state index contributed by atoms with van der Waals surface area (Å²) in [5.41, 5.74) is 3.52. The van der Waals surface area contributed by atoms with Crippen molar-refractivity contribution in [2.45, 2.75) is 19.3 Å². The average Bonchev–Trinajstić information content (AvgIpc) is 3.21. The summed E-state index contributed by atoms with van der Waals surface area (Å²) in [7, 11) is 0. The maximum atomic E-state index is 12.4. The van der Waals surface area contributed by atoms with Gasteiger partial charge in [0.05, 0.1) is 0 Å². The summed E-state index contributed by atoms with van der Waals surface area (Å²) in [5, 5.41) is 2.89. The maximum Gasteiger partial charge on any atom is 0.274 e. The molecule has 0 spiro atoms. The second-order valence-corrected chi connectivity index (χ2v) is 6.55. The summed E-state index contributed by atoms with van der Waals surface area (Å²) < 4.78 is 0. The van der Waals surface area contributed by atoms with Gasteiger partial charge in [0.25, 0.3) is 5.91 Å². The SMILES string of the molecule is O=C(Nc1ccc(CCN2CCCC2)cc1)c1ccc2nccnc2n1. The Labute approximate surface area is 152 Å². The molecule has 6 heteroatoms. The summed E-state index contributed by atoms with van der Waals surface area (Å²) in [5.74, 6) is -0.248. The topological polar surface area (TPSA) is 71.0 Å². The van der Waals surface area contributed by atoms with Gasteiger partial charge >= 0.3 is 0 Å². The van der Waals surface area contributed by atoms with Crippen LogP contribution in [0.15, 0.2) is 48.8 Å². The van der Waals surface area contributed by atoms with Gasteiger partial charge in [-0.05, 0) is 62.2 Å². The van der Waals surface area contributed by atoms with Gasteiger partial charge in [-0.25, -0.2) is 9.97 Å². The van der Waals surface area contributed by atoms with Gasteiger partial charge in [0, 0.05) is 24.6 Å². The van der Waals surface area contributed by atoms with Crippen LogP contribution in [0, 0.1) is 0 Å². The number of carbonyl (C=O) groups excluding carboxylic acids is 1. The van der Waals surface area contributed by atoms with E-state index in [1.165, 1.54) is 31.5 Å². The van der Waals surface area contributed by atoms with Crippen LogP contribution in [0.5, 0.6) is 0 Å². The van der Waals surface area contributed by atoms with E-state index < -0.39 is 0 Å². The molecule has 4 rings (SSSR count). The second kappa shape index (κ2) is 7.58. The van der Waals surface area contributed by atoms with E-state index in [0.717, 1.165) is 18.7 Å². The van der Waals surface area contributed by atoms with Crippen molar-refractivity contribution < 1.29 is 4.79 Å². The third-order valence-corrected chi connectivity index (χ3v) is 4.69. The van der Waals surface area contributed by atoms with Gasteiger partial charge in [-0.3, -0.25) is 9.78 Å². The molecule has 3 heterocycles. The molecule has 0 saturated carbocycles. The number of amides is 1. The fourth-order valence-corrected chi connectivity index (χ4v) is 3.22. The highest BCUT2D eigenvalue weighted by Gasteiger charge is 2.12. The molecular formula is C20H21N5O. The van der Waals surface area contributed by atoms with Crippen molar-refractivity contribution >= 4 is 22.8 Å². The fraction of sp³-hybridized carbons (Fsp3) is 0.300. The van der Waals surface area contributed by atoms with Crippen molar-refractivity contribution in [3.63, 3.8) is 0 Å². The predicted octanol–water partition coefficient (Wildman–Crippen LogP) is 2.92. The van der Waals surface area contributed by atoms with Gasteiger partial charge in [0.1, 0.15) is 11.2 Å². The van der Waals surface area contributed by atoms with E-state index in [4.69, 9.17) is 0 Å². The number of aromatic nitrogens is 3. The van der Waals surface area contributed by atoms with E-state index in [1.807, 2.05) is 12.1 Å². The van der Waals surface area contributed by atoms with Crippen LogP contribution >= 0.6 is 0 Å². The van der Waals surface area contributed by atoms with E-state index in [-0.39, 0.29) is 5.91 Å². The lowest BCUT2D eigenvalue weighted by Crippen LogP contribution is -2.21. The molecule has 132 valence electrons. The van der Waals surface area contributed by atoms with E-state index in [0.29, 0.717) is 16.9 Å². The minimum absolute atomic E-state index is 0.248. The second-order valence-electron chi connectivity index (χ2n) is 6.55. The monoisotopic (exact) mass is 347 g/mol. The van der Waals surface area contributed by atoms with Crippen molar-refractivity contribution in [1.29, 1.82) is 0 Å². The Balaban J connectivity index is 1.38. The molecule has 2 aromatic heterocycles. The number of carbonyl (C=O) groups is 1. The highest BCUT2D eigenvalue weighted by Crippen LogP contribution is 2.14. The minimum Gasteiger partial charge on any atom is -0.321 e. The smallest absolute Gasteiger partial charge is 0.274 e. The molecule has 1 aliphatic rings. The molecular weight excluding hydrogens is 326 g/mol. The van der Waals surface area contributed by atoms with Crippen LogP contribution in [-0.2, 0) is 6.42 Å². The van der Waals surface area contributed by atoms with Gasteiger partial charge in [0.2, 0.25) is 0 Å². The number of fused-ring (bicyclic) bond motifs is 1. The Morgan fingerprint density at radius 3 is 2.58 bits per heavy atom. The number of likely N-dealkylation sites (tertiary alicyclic amines) is 1. The Hall–Kier alpha value is -2.86. The zero-order chi connectivity index (χ0) is 17.8. The molecule has 1 N–H and O–H groups in total. The first-order valence-electron chi connectivity index (χ1n) is 8.98. The van der Waals surface area contributed by atoms with Gasteiger partial charge < -0.3 is 10.2 Å². The molecule has 0 aliphatic carbocycles. The molecule has 6 nitrogen and oxygen atoms in total. The Kier molecular flexibility index (Phi) is 4.84. The first kappa shape index (κ1) is 16.6. The molecule has 0 atom stereocenters. The number of hydrogen-bond donors (Lipinski definition) is 1. The highest BCUT2D eigenvalue weighted by molar-refractivity contribution is 6.03. The van der Waals surface area contributed by atoms with Gasteiger partial charge in [-0.1, -0.05) is 12.1 Å². The zero-order valence-electron chi connectivity index (χ0n) is 14.6. The average molecular weight is 347 g/mol. The summed E-state index contributed by atoms with van der Waals surface area (Å²) >= 11 is 0. The van der Waals surface area contributed by atoms with Crippen LogP contribution in [0.1, 0.15) is 28.9 Å². The number of nitrogens with zero attached hydrogens (tertiary/aromatic N) is 4. The van der Waals surface area contributed by atoms with E-state index in [2.05, 4.69) is 37.3 Å². The molecule has 3 aromatic rings. The van der Waals surface area contributed by atoms with Gasteiger partial charge in [-0.2, -0.15) is 0 Å². The van der Waals surface area contributed by atoms with Gasteiger partial charge in [-0.15, -0.1) is 0 Å². The summed E-state index contributed by atoms with van der Waals surface area (Å²) in [4.78, 5) is 27.5. The quantitative estimate of drug-likeness (QED) is 0.768. The summed E-state index contributed by atoms with van der Waals surface area (Å²) in [6.07, 6.45) is 6.85. The van der Waals surface area contributed by atoms with Gasteiger partial charge in [0.15, 0.2) is 5.65 Å². The van der Waals surface area contributed by atoms with E-state index in [9.17, 15) is 4.79 Å². The van der Waals surface area contributed by atoms with Crippen LogP contribution in [0.25, 0.3) is 11.2 Å². The Bertz CT molecular complexity index is 903. The Morgan fingerprint density at radius 2 is 1.77 bits per heavy atom. The van der Waals surface area contributed by atoms with Crippen molar-refractivity contribution in [3.8, 4) is 0 Å². The molecule has 1 amide bonds. The first-order chi connectivity index (χ1) is 12.8. The number of benzene rings is 1. The molecule has 0 bridgehead atoms. The third kappa shape index (κ3) is 3.86. The molecule has 1 saturated heterocycles. The first-order valence-corrected chi connectivity index (χ1v) is 8.98. The van der Waals surface area contributed by atoms with E-state index >= 15 is 0 Å². The Morgan fingerprint density at radius 1 is 1.00 bits per heavy atom. The molecule has 26 heavy (non-hydrogen) atoms. The summed E-state index contributed by atoms with van der Waals surface area (Å²) in [6, 6.07) is 11.5. The lowest BCUT2D eigenvalue weighted by Gasteiger charge is -2.14. The standard InChI is InChI=1S/C20H21N5O/c26-20(18-8-7-17-19(24-18)22-11-10-21-17)23-16-5-3-15(4-6-16)9-14-25-12-1-2-13-25/h3-8,10-11H,1-2,9,12-14H2,(H,23,26). The number of pyridine rings is 1. The number of anilines is 1. The maximum absolute atomic E-state index is 12.4. The fourth-order valence-electron chi connectivity index (χ4n) is 3.22. The van der Waals surface area contributed by atoms with Crippen molar-refractivity contribution in [1.82, 2.24) is 19.9 Å². The van der Waals surface area contributed by atoms with Crippen LogP contribution < -0.4 is 5.32 Å². The van der Waals surface area contributed by atoms with Crippen LogP contribution in [0.4, 0.5) is 5.69 Å². The molecule has 1 fully saturated rings. The molecule has 0 unspecified atom stereocenters. The summed E-state index contributed by atoms with van der Waals surface area (Å²) in [6.45, 7) is 3.54. The molecule has 1 aromatic carbocycles. The van der Waals surface area contributed by atoms with Crippen LogP contribution in [0.2, 0.25) is 0 Å². The predicted molar refractivity (Wildman–Crippen MR) is 101 cm³/mol. The number of rotatable bonds is 5. The molecule has 0 radical (unpaired) electrons. The number of hydrogen-bond acceptors (Lipinski definition) is 5. The normalized spacial score (nSPS) is 14.6. The van der Waals surface area contributed by atoms with Crippen molar-refractivity contribution in [2.75, 3.05) is 25.0 Å². The lowest BCUT2D eigenvalue weighted by atomic mass is 10.1. The largest absolute Gasteiger partial charge is 0.321 e. The minimum atomic E-state index is -0.248. The lowest BCUT2D eigenvalue weighted by molar-refractivity contribution is 0.102. The highest BCUT2D eigenvalue weighted by atomic mass is 16.1. The van der Waals surface area contributed by atoms with Crippen LogP contribution in [0.3, 0.4) is 0 Å². The molecule has 1 aliphatic heterocycles. The van der Waals surface area contributed by atoms with Crippen LogP contribution in [-0.4, -0.2) is 45.4 Å². The third-order valence-electron chi connectivity index (χ3n) is 4.69. The van der Waals surface area contributed by atoms with Crippen molar-refractivity contribution in [2.24, 2.45) is 0 Å².